The minimum atomic E-state index is -0.660. The van der Waals surface area contributed by atoms with Gasteiger partial charge in [0.25, 0.3) is 0 Å². The van der Waals surface area contributed by atoms with Crippen molar-refractivity contribution in [2.45, 2.75) is 39.2 Å². The minimum absolute atomic E-state index is 0.0194. The molecule has 2 amide bonds. The van der Waals surface area contributed by atoms with Crippen molar-refractivity contribution in [3.05, 3.63) is 35.9 Å². The number of carbonyl (C=O) groups excluding carboxylic acids is 3. The molecule has 0 spiro atoms. The molecule has 0 radical (unpaired) electrons. The molecule has 2 N–H and O–H groups in total. The van der Waals surface area contributed by atoms with Crippen LogP contribution in [-0.4, -0.2) is 37.5 Å². The number of rotatable bonds is 9. The van der Waals surface area contributed by atoms with Gasteiger partial charge >= 0.3 is 5.97 Å². The molecule has 0 aromatic heterocycles. The Morgan fingerprint density at radius 2 is 1.79 bits per heavy atom. The Balaban J connectivity index is 2.36. The number of esters is 1. The van der Waals surface area contributed by atoms with Crippen molar-refractivity contribution in [1.29, 1.82) is 0 Å². The lowest BCUT2D eigenvalue weighted by atomic mass is 9.99. The second-order valence-electron chi connectivity index (χ2n) is 5.72. The standard InChI is InChI=1S/C18H26N2O4/c1-4-13(2)17(18(23)24-3)20-15(21)10-11-19-16(22)12-14-8-6-5-7-9-14/h5-9,13,17H,4,10-12H2,1-3H3,(H,19,22)(H,20,21)/t13-,17-/m0/s1. The van der Waals surface area contributed by atoms with E-state index in [0.717, 1.165) is 12.0 Å². The summed E-state index contributed by atoms with van der Waals surface area (Å²) >= 11 is 0. The van der Waals surface area contributed by atoms with Crippen LogP contribution in [0.3, 0.4) is 0 Å². The maximum atomic E-state index is 12.0. The van der Waals surface area contributed by atoms with Crippen LogP contribution in [0.2, 0.25) is 0 Å². The van der Waals surface area contributed by atoms with Crippen LogP contribution < -0.4 is 10.6 Å². The molecule has 0 heterocycles. The molecule has 0 aliphatic carbocycles. The highest BCUT2D eigenvalue weighted by Crippen LogP contribution is 2.09. The van der Waals surface area contributed by atoms with Gasteiger partial charge in [-0.3, -0.25) is 9.59 Å². The average molecular weight is 334 g/mol. The second-order valence-corrected chi connectivity index (χ2v) is 5.72. The van der Waals surface area contributed by atoms with E-state index in [1.807, 2.05) is 44.2 Å². The minimum Gasteiger partial charge on any atom is -0.467 e. The van der Waals surface area contributed by atoms with Crippen LogP contribution in [0.1, 0.15) is 32.3 Å². The summed E-state index contributed by atoms with van der Waals surface area (Å²) in [4.78, 5) is 35.5. The number of amides is 2. The van der Waals surface area contributed by atoms with Gasteiger partial charge in [0.2, 0.25) is 11.8 Å². The molecule has 0 saturated carbocycles. The van der Waals surface area contributed by atoms with Crippen molar-refractivity contribution in [2.24, 2.45) is 5.92 Å². The Kier molecular flexibility index (Phi) is 8.54. The molecule has 1 aromatic carbocycles. The highest BCUT2D eigenvalue weighted by Gasteiger charge is 2.26. The third-order valence-corrected chi connectivity index (χ3v) is 3.87. The average Bonchev–Trinajstić information content (AvgIpc) is 2.59. The van der Waals surface area contributed by atoms with E-state index >= 15 is 0 Å². The van der Waals surface area contributed by atoms with E-state index in [1.165, 1.54) is 7.11 Å². The molecule has 0 bridgehead atoms. The van der Waals surface area contributed by atoms with Gasteiger partial charge in [0.05, 0.1) is 13.5 Å². The summed E-state index contributed by atoms with van der Waals surface area (Å²) < 4.78 is 4.72. The number of hydrogen-bond acceptors (Lipinski definition) is 4. The maximum absolute atomic E-state index is 12.0. The van der Waals surface area contributed by atoms with E-state index in [1.54, 1.807) is 0 Å². The van der Waals surface area contributed by atoms with Crippen molar-refractivity contribution < 1.29 is 19.1 Å². The fourth-order valence-electron chi connectivity index (χ4n) is 2.20. The lowest BCUT2D eigenvalue weighted by Gasteiger charge is -2.21. The SMILES string of the molecule is CC[C@H](C)[C@H](NC(=O)CCNC(=O)Cc1ccccc1)C(=O)OC. The monoisotopic (exact) mass is 334 g/mol. The first-order valence-corrected chi connectivity index (χ1v) is 8.15. The number of carbonyl (C=O) groups is 3. The summed E-state index contributed by atoms with van der Waals surface area (Å²) in [6.07, 6.45) is 1.14. The Morgan fingerprint density at radius 3 is 2.38 bits per heavy atom. The quantitative estimate of drug-likeness (QED) is 0.669. The summed E-state index contributed by atoms with van der Waals surface area (Å²) in [6, 6.07) is 8.72. The molecule has 0 unspecified atom stereocenters. The van der Waals surface area contributed by atoms with Crippen molar-refractivity contribution in [3.8, 4) is 0 Å². The van der Waals surface area contributed by atoms with Gasteiger partial charge in [0, 0.05) is 13.0 Å². The summed E-state index contributed by atoms with van der Waals surface area (Å²) in [5.41, 5.74) is 0.918. The smallest absolute Gasteiger partial charge is 0.328 e. The fourth-order valence-corrected chi connectivity index (χ4v) is 2.20. The van der Waals surface area contributed by atoms with Gasteiger partial charge < -0.3 is 15.4 Å². The summed E-state index contributed by atoms with van der Waals surface area (Å²) in [6.45, 7) is 4.05. The van der Waals surface area contributed by atoms with Crippen LogP contribution in [0.15, 0.2) is 30.3 Å². The van der Waals surface area contributed by atoms with E-state index < -0.39 is 12.0 Å². The third kappa shape index (κ3) is 6.81. The lowest BCUT2D eigenvalue weighted by molar-refractivity contribution is -0.146. The molecular weight excluding hydrogens is 308 g/mol. The molecule has 24 heavy (non-hydrogen) atoms. The number of hydrogen-bond donors (Lipinski definition) is 2. The first-order valence-electron chi connectivity index (χ1n) is 8.15. The van der Waals surface area contributed by atoms with Gasteiger partial charge in [-0.05, 0) is 11.5 Å². The molecule has 6 nitrogen and oxygen atoms in total. The van der Waals surface area contributed by atoms with Gasteiger partial charge in [-0.2, -0.15) is 0 Å². The molecule has 1 aromatic rings. The Bertz CT molecular complexity index is 545. The van der Waals surface area contributed by atoms with Gasteiger partial charge in [0.1, 0.15) is 6.04 Å². The molecular formula is C18H26N2O4. The molecule has 0 fully saturated rings. The predicted molar refractivity (Wildman–Crippen MR) is 91.2 cm³/mol. The van der Waals surface area contributed by atoms with Crippen molar-refractivity contribution in [1.82, 2.24) is 10.6 Å². The van der Waals surface area contributed by atoms with E-state index in [9.17, 15) is 14.4 Å². The van der Waals surface area contributed by atoms with Crippen molar-refractivity contribution in [3.63, 3.8) is 0 Å². The van der Waals surface area contributed by atoms with Crippen LogP contribution in [0.5, 0.6) is 0 Å². The van der Waals surface area contributed by atoms with E-state index in [-0.39, 0.29) is 37.1 Å². The van der Waals surface area contributed by atoms with E-state index in [4.69, 9.17) is 4.74 Å². The first kappa shape index (κ1) is 19.7. The highest BCUT2D eigenvalue weighted by atomic mass is 16.5. The zero-order chi connectivity index (χ0) is 17.9. The molecule has 6 heteroatoms. The van der Waals surface area contributed by atoms with Crippen LogP contribution >= 0.6 is 0 Å². The van der Waals surface area contributed by atoms with Crippen LogP contribution in [0.4, 0.5) is 0 Å². The van der Waals surface area contributed by atoms with E-state index in [0.29, 0.717) is 0 Å². The fraction of sp³-hybridized carbons (Fsp3) is 0.500. The van der Waals surface area contributed by atoms with Crippen LogP contribution in [0, 0.1) is 5.92 Å². The Morgan fingerprint density at radius 1 is 1.12 bits per heavy atom. The van der Waals surface area contributed by atoms with Crippen LogP contribution in [0.25, 0.3) is 0 Å². The van der Waals surface area contributed by atoms with Crippen LogP contribution in [-0.2, 0) is 25.5 Å². The Hall–Kier alpha value is -2.37. The molecule has 0 aliphatic heterocycles. The zero-order valence-electron chi connectivity index (χ0n) is 14.5. The zero-order valence-corrected chi connectivity index (χ0v) is 14.5. The molecule has 0 saturated heterocycles. The summed E-state index contributed by atoms with van der Waals surface area (Å²) in [5, 5.41) is 5.38. The van der Waals surface area contributed by atoms with Gasteiger partial charge in [0.15, 0.2) is 0 Å². The highest BCUT2D eigenvalue weighted by molar-refractivity contribution is 5.85. The van der Waals surface area contributed by atoms with Gasteiger partial charge in [-0.25, -0.2) is 4.79 Å². The van der Waals surface area contributed by atoms with Crippen molar-refractivity contribution in [2.75, 3.05) is 13.7 Å². The van der Waals surface area contributed by atoms with Gasteiger partial charge in [-0.15, -0.1) is 0 Å². The normalized spacial score (nSPS) is 12.8. The largest absolute Gasteiger partial charge is 0.467 e. The summed E-state index contributed by atoms with van der Waals surface area (Å²) in [7, 11) is 1.30. The molecule has 132 valence electrons. The Labute approximate surface area is 143 Å². The maximum Gasteiger partial charge on any atom is 0.328 e. The number of benzene rings is 1. The second kappa shape index (κ2) is 10.4. The lowest BCUT2D eigenvalue weighted by Crippen LogP contribution is -2.46. The van der Waals surface area contributed by atoms with Crippen molar-refractivity contribution >= 4 is 17.8 Å². The molecule has 2 atom stereocenters. The number of nitrogens with one attached hydrogen (secondary N) is 2. The number of ether oxygens (including phenoxy) is 1. The van der Waals surface area contributed by atoms with E-state index in [2.05, 4.69) is 10.6 Å². The molecule has 0 aliphatic rings. The third-order valence-electron chi connectivity index (χ3n) is 3.87. The number of methoxy groups -OCH3 is 1. The summed E-state index contributed by atoms with van der Waals surface area (Å²) in [5.74, 6) is -0.897. The molecule has 1 rings (SSSR count). The topological polar surface area (TPSA) is 84.5 Å². The first-order chi connectivity index (χ1) is 11.5. The van der Waals surface area contributed by atoms with Gasteiger partial charge in [-0.1, -0.05) is 50.6 Å². The predicted octanol–water partition coefficient (Wildman–Crippen LogP) is 1.44.